The molecule has 1 aromatic carbocycles. The van der Waals surface area contributed by atoms with Gasteiger partial charge in [0.05, 0.1) is 12.5 Å². The van der Waals surface area contributed by atoms with E-state index in [1.165, 1.54) is 24.0 Å². The summed E-state index contributed by atoms with van der Waals surface area (Å²) in [5.74, 6) is 0.477. The molecule has 0 radical (unpaired) electrons. The van der Waals surface area contributed by atoms with Gasteiger partial charge in [-0.25, -0.2) is 0 Å². The van der Waals surface area contributed by atoms with Crippen molar-refractivity contribution in [3.63, 3.8) is 0 Å². The summed E-state index contributed by atoms with van der Waals surface area (Å²) in [6.45, 7) is 11.1. The van der Waals surface area contributed by atoms with Gasteiger partial charge in [-0.3, -0.25) is 4.79 Å². The summed E-state index contributed by atoms with van der Waals surface area (Å²) in [7, 11) is 0. The second kappa shape index (κ2) is 8.86. The van der Waals surface area contributed by atoms with E-state index in [4.69, 9.17) is 4.74 Å². The summed E-state index contributed by atoms with van der Waals surface area (Å²) in [4.78, 5) is 12.1. The molecule has 0 saturated heterocycles. The first kappa shape index (κ1) is 17.7. The van der Waals surface area contributed by atoms with E-state index in [0.717, 1.165) is 24.3 Å². The lowest BCUT2D eigenvalue weighted by molar-refractivity contribution is -0.145. The topological polar surface area (TPSA) is 26.3 Å². The van der Waals surface area contributed by atoms with E-state index in [0.29, 0.717) is 6.61 Å². The van der Waals surface area contributed by atoms with Gasteiger partial charge < -0.3 is 4.74 Å². The summed E-state index contributed by atoms with van der Waals surface area (Å²) in [5, 5.41) is 0. The molecule has 2 heteroatoms. The predicted octanol–water partition coefficient (Wildman–Crippen LogP) is 5.17. The summed E-state index contributed by atoms with van der Waals surface area (Å²) < 4.78 is 5.42. The molecule has 0 saturated carbocycles. The van der Waals surface area contributed by atoms with Crippen molar-refractivity contribution >= 4 is 5.97 Å². The molecule has 1 atom stereocenters. The van der Waals surface area contributed by atoms with Gasteiger partial charge in [0.2, 0.25) is 0 Å². The number of benzene rings is 1. The van der Waals surface area contributed by atoms with Crippen molar-refractivity contribution in [1.29, 1.82) is 0 Å². The van der Waals surface area contributed by atoms with E-state index in [9.17, 15) is 4.79 Å². The molecule has 1 aromatic rings. The standard InChI is InChI=1S/C19H30O2/c1-14(2)10-7-6-8-13-21-19(20)17(5)18-12-9-11-15(3)16(18)4/h9,11-12,14,17H,6-8,10,13H2,1-5H3. The van der Waals surface area contributed by atoms with Crippen LogP contribution >= 0.6 is 0 Å². The van der Waals surface area contributed by atoms with Crippen molar-refractivity contribution < 1.29 is 9.53 Å². The van der Waals surface area contributed by atoms with Crippen molar-refractivity contribution in [3.05, 3.63) is 34.9 Å². The fourth-order valence-electron chi connectivity index (χ4n) is 2.50. The van der Waals surface area contributed by atoms with Gasteiger partial charge in [-0.1, -0.05) is 51.3 Å². The zero-order chi connectivity index (χ0) is 15.8. The minimum Gasteiger partial charge on any atom is -0.465 e. The van der Waals surface area contributed by atoms with E-state index in [1.54, 1.807) is 0 Å². The number of rotatable bonds is 8. The maximum atomic E-state index is 12.1. The molecule has 0 spiro atoms. The third-order valence-corrected chi connectivity index (χ3v) is 4.14. The molecule has 1 unspecified atom stereocenters. The molecular weight excluding hydrogens is 260 g/mol. The smallest absolute Gasteiger partial charge is 0.313 e. The monoisotopic (exact) mass is 290 g/mol. The van der Waals surface area contributed by atoms with Crippen molar-refractivity contribution in [2.75, 3.05) is 6.61 Å². The highest BCUT2D eigenvalue weighted by molar-refractivity contribution is 5.78. The Labute approximate surface area is 129 Å². The van der Waals surface area contributed by atoms with Gasteiger partial charge in [0.1, 0.15) is 0 Å². The lowest BCUT2D eigenvalue weighted by Gasteiger charge is -2.15. The van der Waals surface area contributed by atoms with Crippen LogP contribution < -0.4 is 0 Å². The van der Waals surface area contributed by atoms with E-state index in [1.807, 2.05) is 19.1 Å². The molecule has 1 rings (SSSR count). The molecule has 118 valence electrons. The lowest BCUT2D eigenvalue weighted by Crippen LogP contribution is -2.15. The Balaban J connectivity index is 2.36. The highest BCUT2D eigenvalue weighted by atomic mass is 16.5. The van der Waals surface area contributed by atoms with Crippen LogP contribution in [0.15, 0.2) is 18.2 Å². The minimum atomic E-state index is -0.180. The van der Waals surface area contributed by atoms with Crippen LogP contribution in [0.2, 0.25) is 0 Å². The first-order chi connectivity index (χ1) is 9.93. The maximum Gasteiger partial charge on any atom is 0.313 e. The Morgan fingerprint density at radius 3 is 2.48 bits per heavy atom. The molecule has 0 amide bonds. The van der Waals surface area contributed by atoms with Crippen LogP contribution in [0.4, 0.5) is 0 Å². The molecule has 0 aliphatic heterocycles. The zero-order valence-corrected chi connectivity index (χ0v) is 14.2. The van der Waals surface area contributed by atoms with Gasteiger partial charge in [0, 0.05) is 0 Å². The summed E-state index contributed by atoms with van der Waals surface area (Å²) in [6.07, 6.45) is 4.59. The van der Waals surface area contributed by atoms with E-state index in [2.05, 4.69) is 33.8 Å². The normalized spacial score (nSPS) is 12.5. The van der Waals surface area contributed by atoms with E-state index >= 15 is 0 Å². The molecule has 0 bridgehead atoms. The number of hydrogen-bond acceptors (Lipinski definition) is 2. The number of esters is 1. The summed E-state index contributed by atoms with van der Waals surface area (Å²) >= 11 is 0. The molecule has 0 heterocycles. The second-order valence-electron chi connectivity index (χ2n) is 6.42. The quantitative estimate of drug-likeness (QED) is 0.488. The van der Waals surface area contributed by atoms with E-state index < -0.39 is 0 Å². The number of hydrogen-bond donors (Lipinski definition) is 0. The van der Waals surface area contributed by atoms with E-state index in [-0.39, 0.29) is 11.9 Å². The average Bonchev–Trinajstić information content (AvgIpc) is 2.44. The molecule has 0 N–H and O–H groups in total. The Morgan fingerprint density at radius 1 is 1.10 bits per heavy atom. The molecule has 0 fully saturated rings. The number of unbranched alkanes of at least 4 members (excludes halogenated alkanes) is 2. The van der Waals surface area contributed by atoms with Crippen molar-refractivity contribution in [3.8, 4) is 0 Å². The number of carbonyl (C=O) groups excluding carboxylic acids is 1. The number of carbonyl (C=O) groups is 1. The van der Waals surface area contributed by atoms with Crippen LogP contribution in [0.3, 0.4) is 0 Å². The minimum absolute atomic E-state index is 0.104. The van der Waals surface area contributed by atoms with Gasteiger partial charge in [-0.15, -0.1) is 0 Å². The first-order valence-corrected chi connectivity index (χ1v) is 8.16. The Morgan fingerprint density at radius 2 is 1.81 bits per heavy atom. The van der Waals surface area contributed by atoms with Crippen LogP contribution in [0.5, 0.6) is 0 Å². The van der Waals surface area contributed by atoms with Crippen LogP contribution in [-0.4, -0.2) is 12.6 Å². The third kappa shape index (κ3) is 5.91. The molecular formula is C19H30O2. The maximum absolute atomic E-state index is 12.1. The molecule has 0 aliphatic rings. The fourth-order valence-corrected chi connectivity index (χ4v) is 2.50. The largest absolute Gasteiger partial charge is 0.465 e. The zero-order valence-electron chi connectivity index (χ0n) is 14.2. The molecule has 0 aromatic heterocycles. The van der Waals surface area contributed by atoms with Crippen molar-refractivity contribution in [2.45, 2.75) is 66.2 Å². The van der Waals surface area contributed by atoms with Crippen LogP contribution in [0.25, 0.3) is 0 Å². The molecule has 0 aliphatic carbocycles. The van der Waals surface area contributed by atoms with Gasteiger partial charge in [-0.05, 0) is 49.8 Å². The van der Waals surface area contributed by atoms with Gasteiger partial charge >= 0.3 is 5.97 Å². The number of aryl methyl sites for hydroxylation is 1. The molecule has 21 heavy (non-hydrogen) atoms. The molecule has 2 nitrogen and oxygen atoms in total. The summed E-state index contributed by atoms with van der Waals surface area (Å²) in [6, 6.07) is 6.11. The van der Waals surface area contributed by atoms with Crippen LogP contribution in [-0.2, 0) is 9.53 Å². The predicted molar refractivity (Wildman–Crippen MR) is 88.6 cm³/mol. The number of ether oxygens (including phenoxy) is 1. The summed E-state index contributed by atoms with van der Waals surface area (Å²) in [5.41, 5.74) is 3.50. The highest BCUT2D eigenvalue weighted by Gasteiger charge is 2.18. The SMILES string of the molecule is Cc1cccc(C(C)C(=O)OCCCCCC(C)C)c1C. The van der Waals surface area contributed by atoms with Gasteiger partial charge in [-0.2, -0.15) is 0 Å². The lowest BCUT2D eigenvalue weighted by atomic mass is 9.94. The Bertz CT molecular complexity index is 449. The highest BCUT2D eigenvalue weighted by Crippen LogP contribution is 2.23. The van der Waals surface area contributed by atoms with Crippen molar-refractivity contribution in [2.24, 2.45) is 5.92 Å². The third-order valence-electron chi connectivity index (χ3n) is 4.14. The van der Waals surface area contributed by atoms with Gasteiger partial charge in [0.15, 0.2) is 0 Å². The van der Waals surface area contributed by atoms with Gasteiger partial charge in [0.25, 0.3) is 0 Å². The van der Waals surface area contributed by atoms with Crippen LogP contribution in [0.1, 0.15) is 69.1 Å². The van der Waals surface area contributed by atoms with Crippen LogP contribution in [0, 0.1) is 19.8 Å². The first-order valence-electron chi connectivity index (χ1n) is 8.16. The second-order valence-corrected chi connectivity index (χ2v) is 6.42. The fraction of sp³-hybridized carbons (Fsp3) is 0.632. The Kier molecular flexibility index (Phi) is 7.49. The Hall–Kier alpha value is -1.31. The van der Waals surface area contributed by atoms with Crippen molar-refractivity contribution in [1.82, 2.24) is 0 Å². The average molecular weight is 290 g/mol.